The highest BCUT2D eigenvalue weighted by Gasteiger charge is 2.18. The average Bonchev–Trinajstić information content (AvgIpc) is 2.80. The van der Waals surface area contributed by atoms with Gasteiger partial charge in [-0.05, 0) is 30.0 Å². The Bertz CT molecular complexity index is 896. The van der Waals surface area contributed by atoms with Crippen LogP contribution in [0, 0.1) is 10.1 Å². The second kappa shape index (κ2) is 12.8. The quantitative estimate of drug-likeness (QED) is 0.240. The summed E-state index contributed by atoms with van der Waals surface area (Å²) in [5.74, 6) is -0.111. The van der Waals surface area contributed by atoms with E-state index in [-0.39, 0.29) is 17.6 Å². The molecule has 1 fully saturated rings. The van der Waals surface area contributed by atoms with Crippen LogP contribution in [0.3, 0.4) is 0 Å². The molecule has 170 valence electrons. The molecule has 32 heavy (non-hydrogen) atoms. The highest BCUT2D eigenvalue weighted by molar-refractivity contribution is 6.24. The summed E-state index contributed by atoms with van der Waals surface area (Å²) in [6.07, 6.45) is 15.0. The fourth-order valence-electron chi connectivity index (χ4n) is 4.36. The number of nitro groups is 1. The first kappa shape index (κ1) is 23.7. The van der Waals surface area contributed by atoms with Crippen molar-refractivity contribution < 1.29 is 9.72 Å². The number of nitrogens with zero attached hydrogens (tertiary/aromatic N) is 1. The molecule has 0 atom stereocenters. The number of carbonyl (C=O) groups is 1. The van der Waals surface area contributed by atoms with Gasteiger partial charge in [0.2, 0.25) is 0 Å². The molecular weight excluding hydrogens is 400 g/mol. The third-order valence-electron chi connectivity index (χ3n) is 6.16. The summed E-state index contributed by atoms with van der Waals surface area (Å²) in [4.78, 5) is 24.2. The fourth-order valence-corrected chi connectivity index (χ4v) is 4.36. The Morgan fingerprint density at radius 2 is 1.44 bits per heavy atom. The van der Waals surface area contributed by atoms with Gasteiger partial charge >= 0.3 is 0 Å². The third kappa shape index (κ3) is 7.63. The van der Waals surface area contributed by atoms with Crippen LogP contribution < -0.4 is 5.32 Å². The van der Waals surface area contributed by atoms with Crippen molar-refractivity contribution in [1.82, 2.24) is 5.32 Å². The summed E-state index contributed by atoms with van der Waals surface area (Å²) in [5, 5.41) is 14.5. The van der Waals surface area contributed by atoms with Gasteiger partial charge in [-0.3, -0.25) is 14.9 Å². The summed E-state index contributed by atoms with van der Waals surface area (Å²) in [6, 6.07) is 16.1. The Morgan fingerprint density at radius 3 is 2.03 bits per heavy atom. The second-order valence-electron chi connectivity index (χ2n) is 8.71. The van der Waals surface area contributed by atoms with Crippen LogP contribution in [-0.2, 0) is 4.79 Å². The first-order chi connectivity index (χ1) is 15.6. The molecule has 0 aliphatic heterocycles. The largest absolute Gasteiger partial charge is 0.349 e. The van der Waals surface area contributed by atoms with Crippen LogP contribution in [-0.4, -0.2) is 16.9 Å². The molecule has 0 aromatic heterocycles. The number of hydrogen-bond acceptors (Lipinski definition) is 3. The molecule has 1 saturated carbocycles. The van der Waals surface area contributed by atoms with E-state index < -0.39 is 4.92 Å². The van der Waals surface area contributed by atoms with Crippen molar-refractivity contribution in [3.8, 4) is 0 Å². The average molecular weight is 435 g/mol. The molecule has 0 bridgehead atoms. The van der Waals surface area contributed by atoms with Crippen LogP contribution in [0.4, 0.5) is 5.69 Å². The Morgan fingerprint density at radius 1 is 0.844 bits per heavy atom. The van der Waals surface area contributed by atoms with E-state index in [1.807, 2.05) is 30.3 Å². The zero-order valence-electron chi connectivity index (χ0n) is 18.8. The molecule has 0 radical (unpaired) electrons. The molecule has 1 aliphatic carbocycles. The predicted molar refractivity (Wildman–Crippen MR) is 130 cm³/mol. The minimum Gasteiger partial charge on any atom is -0.349 e. The van der Waals surface area contributed by atoms with Crippen LogP contribution in [0.2, 0.25) is 0 Å². The maximum absolute atomic E-state index is 13.4. The number of non-ortho nitro benzene ring substituents is 1. The van der Waals surface area contributed by atoms with Gasteiger partial charge in [-0.15, -0.1) is 0 Å². The van der Waals surface area contributed by atoms with Gasteiger partial charge in [0.15, 0.2) is 0 Å². The molecule has 0 spiro atoms. The zero-order chi connectivity index (χ0) is 22.6. The lowest BCUT2D eigenvalue weighted by Gasteiger charge is -2.21. The van der Waals surface area contributed by atoms with Gasteiger partial charge < -0.3 is 5.32 Å². The van der Waals surface area contributed by atoms with Crippen LogP contribution in [0.25, 0.3) is 11.6 Å². The van der Waals surface area contributed by atoms with Crippen LogP contribution in [0.5, 0.6) is 0 Å². The molecule has 5 nitrogen and oxygen atoms in total. The topological polar surface area (TPSA) is 72.2 Å². The van der Waals surface area contributed by atoms with Crippen LogP contribution in [0.1, 0.15) is 81.8 Å². The summed E-state index contributed by atoms with van der Waals surface area (Å²) in [5.41, 5.74) is 2.01. The molecule has 1 amide bonds. The second-order valence-corrected chi connectivity index (χ2v) is 8.71. The molecule has 3 rings (SSSR count). The van der Waals surface area contributed by atoms with Crippen molar-refractivity contribution in [2.24, 2.45) is 0 Å². The van der Waals surface area contributed by atoms with Crippen molar-refractivity contribution in [3.63, 3.8) is 0 Å². The van der Waals surface area contributed by atoms with E-state index in [4.69, 9.17) is 0 Å². The van der Waals surface area contributed by atoms with E-state index in [2.05, 4.69) is 5.32 Å². The maximum atomic E-state index is 13.4. The van der Waals surface area contributed by atoms with Gasteiger partial charge in [0, 0.05) is 23.7 Å². The zero-order valence-corrected chi connectivity index (χ0v) is 18.8. The van der Waals surface area contributed by atoms with Crippen LogP contribution in [0.15, 0.2) is 54.6 Å². The van der Waals surface area contributed by atoms with Gasteiger partial charge in [-0.1, -0.05) is 100 Å². The molecule has 1 aliphatic rings. The minimum atomic E-state index is -0.412. The molecule has 5 heteroatoms. The van der Waals surface area contributed by atoms with Crippen LogP contribution >= 0.6 is 0 Å². The Balaban J connectivity index is 1.80. The number of nitrogens with one attached hydrogen (secondary N) is 1. The summed E-state index contributed by atoms with van der Waals surface area (Å²) in [7, 11) is 0. The molecule has 1 N–H and O–H groups in total. The fraction of sp³-hybridized carbons (Fsp3) is 0.444. The molecule has 2 aromatic rings. The summed E-state index contributed by atoms with van der Waals surface area (Å²) >= 11 is 0. The van der Waals surface area contributed by atoms with Crippen molar-refractivity contribution in [1.29, 1.82) is 0 Å². The highest BCUT2D eigenvalue weighted by Crippen LogP contribution is 2.23. The number of amides is 1. The Labute approximate surface area is 191 Å². The van der Waals surface area contributed by atoms with E-state index in [0.717, 1.165) is 31.2 Å². The lowest BCUT2D eigenvalue weighted by atomic mass is 9.96. The molecule has 2 aromatic carbocycles. The van der Waals surface area contributed by atoms with Gasteiger partial charge in [0.1, 0.15) is 0 Å². The normalized spacial score (nSPS) is 17.1. The first-order valence-corrected chi connectivity index (χ1v) is 12.0. The Hall–Kier alpha value is -2.95. The van der Waals surface area contributed by atoms with Gasteiger partial charge in [0.05, 0.1) is 4.92 Å². The summed E-state index contributed by atoms with van der Waals surface area (Å²) < 4.78 is 0. The van der Waals surface area contributed by atoms with Gasteiger partial charge in [0.25, 0.3) is 11.6 Å². The maximum Gasteiger partial charge on any atom is 0.270 e. The van der Waals surface area contributed by atoms with E-state index in [1.54, 1.807) is 18.2 Å². The third-order valence-corrected chi connectivity index (χ3v) is 6.16. The SMILES string of the molecule is O=C(NC1CCCCCCCCCCC1)C(=Cc1cccc([N+](=O)[O-])c1)c1ccccc1. The van der Waals surface area contributed by atoms with Gasteiger partial charge in [-0.2, -0.15) is 0 Å². The molecule has 0 unspecified atom stereocenters. The smallest absolute Gasteiger partial charge is 0.270 e. The first-order valence-electron chi connectivity index (χ1n) is 12.0. The van der Waals surface area contributed by atoms with E-state index in [1.165, 1.54) is 57.1 Å². The standard InChI is InChI=1S/C27H34N2O3/c30-27(28-24-17-11-6-4-2-1-3-5-7-12-18-24)26(23-15-9-8-10-16-23)21-22-14-13-19-25(20-22)29(31)32/h8-10,13-16,19-21,24H,1-7,11-12,17-18H2,(H,28,30). The van der Waals surface area contributed by atoms with E-state index >= 15 is 0 Å². The minimum absolute atomic E-state index is 0.0193. The number of carbonyl (C=O) groups excluding carboxylic acids is 1. The van der Waals surface area contributed by atoms with E-state index in [0.29, 0.717) is 11.1 Å². The highest BCUT2D eigenvalue weighted by atomic mass is 16.6. The van der Waals surface area contributed by atoms with Crippen molar-refractivity contribution in [3.05, 3.63) is 75.8 Å². The number of rotatable bonds is 5. The monoisotopic (exact) mass is 434 g/mol. The van der Waals surface area contributed by atoms with Gasteiger partial charge in [-0.25, -0.2) is 0 Å². The van der Waals surface area contributed by atoms with E-state index in [9.17, 15) is 14.9 Å². The molecule has 0 heterocycles. The Kier molecular flexibility index (Phi) is 9.48. The number of benzene rings is 2. The molecular formula is C27H34N2O3. The predicted octanol–water partition coefficient (Wildman–Crippen LogP) is 6.92. The van der Waals surface area contributed by atoms with Crippen molar-refractivity contribution in [2.45, 2.75) is 76.7 Å². The van der Waals surface area contributed by atoms with Crippen molar-refractivity contribution in [2.75, 3.05) is 0 Å². The number of nitro benzene ring substituents is 1. The number of hydrogen-bond donors (Lipinski definition) is 1. The lowest BCUT2D eigenvalue weighted by molar-refractivity contribution is -0.384. The lowest BCUT2D eigenvalue weighted by Crippen LogP contribution is -2.35. The summed E-state index contributed by atoms with van der Waals surface area (Å²) in [6.45, 7) is 0. The van der Waals surface area contributed by atoms with Crippen molar-refractivity contribution >= 4 is 23.2 Å². The molecule has 0 saturated heterocycles.